The molecule has 0 aliphatic carbocycles. The van der Waals surface area contributed by atoms with E-state index in [9.17, 15) is 19.2 Å². The lowest BCUT2D eigenvalue weighted by molar-refractivity contribution is -0.167. The minimum absolute atomic E-state index is 0.205. The Hall–Kier alpha value is -2.12. The van der Waals surface area contributed by atoms with E-state index in [1.54, 1.807) is 0 Å². The van der Waals surface area contributed by atoms with Crippen LogP contribution in [0.3, 0.4) is 0 Å². The van der Waals surface area contributed by atoms with Gasteiger partial charge >= 0.3 is 23.9 Å². The van der Waals surface area contributed by atoms with Gasteiger partial charge in [-0.15, -0.1) is 0 Å². The molecule has 0 aromatic rings. The van der Waals surface area contributed by atoms with Crippen molar-refractivity contribution >= 4 is 23.9 Å². The second-order valence-corrected chi connectivity index (χ2v) is 13.5. The van der Waals surface area contributed by atoms with Crippen LogP contribution in [0, 0.1) is 11.8 Å². The molecular formula is C40H74O8. The van der Waals surface area contributed by atoms with Gasteiger partial charge in [-0.2, -0.15) is 0 Å². The van der Waals surface area contributed by atoms with E-state index in [0.29, 0.717) is 12.8 Å². The first-order chi connectivity index (χ1) is 23.4. The van der Waals surface area contributed by atoms with E-state index >= 15 is 0 Å². The molecule has 8 heteroatoms. The van der Waals surface area contributed by atoms with E-state index in [2.05, 4.69) is 27.7 Å². The van der Waals surface area contributed by atoms with Gasteiger partial charge < -0.3 is 18.9 Å². The zero-order valence-electron chi connectivity index (χ0n) is 31.6. The molecule has 2 unspecified atom stereocenters. The SMILES string of the molecule is CCCCCCCCOC(=O)CC(C(=O)OCCCCCCCC)C(CC(=O)OCCCCCCCC)C(=O)OCCCCCCCC. The van der Waals surface area contributed by atoms with E-state index in [0.717, 1.165) is 103 Å². The maximum atomic E-state index is 13.5. The Morgan fingerprint density at radius 3 is 0.833 bits per heavy atom. The molecule has 0 amide bonds. The zero-order valence-corrected chi connectivity index (χ0v) is 31.6. The lowest BCUT2D eigenvalue weighted by atomic mass is 9.86. The molecule has 0 saturated heterocycles. The highest BCUT2D eigenvalue weighted by atomic mass is 16.6. The van der Waals surface area contributed by atoms with Gasteiger partial charge in [-0.1, -0.05) is 156 Å². The van der Waals surface area contributed by atoms with Crippen LogP contribution in [-0.2, 0) is 38.1 Å². The van der Waals surface area contributed by atoms with Gasteiger partial charge in [0.1, 0.15) is 0 Å². The van der Waals surface area contributed by atoms with Gasteiger partial charge in [-0.25, -0.2) is 0 Å². The maximum absolute atomic E-state index is 13.5. The van der Waals surface area contributed by atoms with Crippen molar-refractivity contribution in [1.82, 2.24) is 0 Å². The average molecular weight is 683 g/mol. The number of esters is 4. The zero-order chi connectivity index (χ0) is 35.5. The molecule has 0 saturated carbocycles. The quantitative estimate of drug-likeness (QED) is 0.0369. The maximum Gasteiger partial charge on any atom is 0.310 e. The summed E-state index contributed by atoms with van der Waals surface area (Å²) in [6.45, 7) is 9.61. The third-order valence-electron chi connectivity index (χ3n) is 8.87. The molecule has 0 fully saturated rings. The monoisotopic (exact) mass is 683 g/mol. The Kier molecular flexibility index (Phi) is 33.2. The average Bonchev–Trinajstić information content (AvgIpc) is 3.08. The highest BCUT2D eigenvalue weighted by Crippen LogP contribution is 2.26. The van der Waals surface area contributed by atoms with Gasteiger partial charge in [0.2, 0.25) is 0 Å². The predicted octanol–water partition coefficient (Wildman–Crippen LogP) is 10.6. The number of unbranched alkanes of at least 4 members (excludes halogenated alkanes) is 20. The van der Waals surface area contributed by atoms with Crippen molar-refractivity contribution in [2.75, 3.05) is 26.4 Å². The van der Waals surface area contributed by atoms with Crippen LogP contribution < -0.4 is 0 Å². The molecule has 282 valence electrons. The number of carbonyl (C=O) groups is 4. The van der Waals surface area contributed by atoms with Crippen molar-refractivity contribution in [3.8, 4) is 0 Å². The Labute approximate surface area is 294 Å². The normalized spacial score (nSPS) is 12.3. The number of ether oxygens (including phenoxy) is 4. The van der Waals surface area contributed by atoms with Gasteiger partial charge in [-0.05, 0) is 25.7 Å². The summed E-state index contributed by atoms with van der Waals surface area (Å²) in [7, 11) is 0. The molecule has 0 aliphatic rings. The molecule has 2 atom stereocenters. The molecule has 0 aromatic carbocycles. The first-order valence-corrected chi connectivity index (χ1v) is 20.1. The van der Waals surface area contributed by atoms with Crippen LogP contribution >= 0.6 is 0 Å². The highest BCUT2D eigenvalue weighted by molar-refractivity contribution is 5.88. The Bertz CT molecular complexity index is 719. The van der Waals surface area contributed by atoms with Crippen LogP contribution in [0.15, 0.2) is 0 Å². The third-order valence-corrected chi connectivity index (χ3v) is 8.87. The van der Waals surface area contributed by atoms with Crippen molar-refractivity contribution in [2.45, 2.75) is 195 Å². The number of carbonyl (C=O) groups excluding carboxylic acids is 4. The molecule has 0 aromatic heterocycles. The number of hydrogen-bond acceptors (Lipinski definition) is 8. The molecule has 0 aliphatic heterocycles. The van der Waals surface area contributed by atoms with Crippen molar-refractivity contribution in [3.05, 3.63) is 0 Å². The van der Waals surface area contributed by atoms with Gasteiger partial charge in [0.25, 0.3) is 0 Å². The minimum atomic E-state index is -1.18. The first-order valence-electron chi connectivity index (χ1n) is 20.1. The molecule has 0 radical (unpaired) electrons. The molecule has 0 bridgehead atoms. The van der Waals surface area contributed by atoms with E-state index in [4.69, 9.17) is 18.9 Å². The van der Waals surface area contributed by atoms with Gasteiger partial charge in [0, 0.05) is 0 Å². The number of hydrogen-bond donors (Lipinski definition) is 0. The molecule has 48 heavy (non-hydrogen) atoms. The molecule has 0 N–H and O–H groups in total. The van der Waals surface area contributed by atoms with Crippen molar-refractivity contribution in [2.24, 2.45) is 11.8 Å². The summed E-state index contributed by atoms with van der Waals surface area (Å²) in [5.41, 5.74) is 0. The second-order valence-electron chi connectivity index (χ2n) is 13.5. The van der Waals surface area contributed by atoms with E-state index in [1.807, 2.05) is 0 Å². The van der Waals surface area contributed by atoms with Crippen LogP contribution in [0.25, 0.3) is 0 Å². The lowest BCUT2D eigenvalue weighted by Crippen LogP contribution is -2.36. The van der Waals surface area contributed by atoms with E-state index in [1.165, 1.54) is 38.5 Å². The van der Waals surface area contributed by atoms with Gasteiger partial charge in [0.05, 0.1) is 51.1 Å². The van der Waals surface area contributed by atoms with Gasteiger partial charge in [0.15, 0.2) is 0 Å². The molecule has 8 nitrogen and oxygen atoms in total. The van der Waals surface area contributed by atoms with E-state index < -0.39 is 35.7 Å². The topological polar surface area (TPSA) is 105 Å². The Morgan fingerprint density at radius 1 is 0.333 bits per heavy atom. The van der Waals surface area contributed by atoms with Crippen LogP contribution in [0.1, 0.15) is 195 Å². The van der Waals surface area contributed by atoms with Crippen molar-refractivity contribution in [3.63, 3.8) is 0 Å². The second kappa shape index (κ2) is 34.7. The molecular weight excluding hydrogens is 608 g/mol. The Morgan fingerprint density at radius 2 is 0.562 bits per heavy atom. The molecule has 0 spiro atoms. The van der Waals surface area contributed by atoms with Crippen LogP contribution in [0.4, 0.5) is 0 Å². The van der Waals surface area contributed by atoms with Gasteiger partial charge in [-0.3, -0.25) is 19.2 Å². The molecule has 0 rings (SSSR count). The van der Waals surface area contributed by atoms with Crippen molar-refractivity contribution < 1.29 is 38.1 Å². The molecule has 0 heterocycles. The summed E-state index contributed by atoms with van der Waals surface area (Å²) in [4.78, 5) is 53.0. The fourth-order valence-electron chi connectivity index (χ4n) is 5.72. The fourth-order valence-corrected chi connectivity index (χ4v) is 5.72. The summed E-state index contributed by atoms with van der Waals surface area (Å²) in [5.74, 6) is -4.82. The van der Waals surface area contributed by atoms with E-state index in [-0.39, 0.29) is 39.3 Å². The summed E-state index contributed by atoms with van der Waals surface area (Å²) < 4.78 is 22.2. The summed E-state index contributed by atoms with van der Waals surface area (Å²) in [6, 6.07) is 0. The van der Waals surface area contributed by atoms with Crippen LogP contribution in [0.2, 0.25) is 0 Å². The third kappa shape index (κ3) is 27.8. The first kappa shape index (κ1) is 45.9. The summed E-state index contributed by atoms with van der Waals surface area (Å²) in [5, 5.41) is 0. The fraction of sp³-hybridized carbons (Fsp3) is 0.900. The minimum Gasteiger partial charge on any atom is -0.466 e. The lowest BCUT2D eigenvalue weighted by Gasteiger charge is -2.23. The smallest absolute Gasteiger partial charge is 0.310 e. The standard InChI is InChI=1S/C40H74O8/c1-5-9-13-17-21-25-29-45-37(41)33-35(39(43)47-31-27-23-19-15-11-7-3)36(40(44)48-32-28-24-20-16-12-8-4)34-38(42)46-30-26-22-18-14-10-6-2/h35-36H,5-34H2,1-4H3. The summed E-state index contributed by atoms with van der Waals surface area (Å²) >= 11 is 0. The predicted molar refractivity (Wildman–Crippen MR) is 194 cm³/mol. The largest absolute Gasteiger partial charge is 0.466 e. The summed E-state index contributed by atoms with van der Waals surface area (Å²) in [6.07, 6.45) is 24.4. The number of rotatable bonds is 35. The Balaban J connectivity index is 5.49. The highest BCUT2D eigenvalue weighted by Gasteiger charge is 2.40. The van der Waals surface area contributed by atoms with Crippen molar-refractivity contribution in [1.29, 1.82) is 0 Å². The van der Waals surface area contributed by atoms with Crippen LogP contribution in [-0.4, -0.2) is 50.3 Å². The van der Waals surface area contributed by atoms with Crippen LogP contribution in [0.5, 0.6) is 0 Å².